The second-order valence-corrected chi connectivity index (χ2v) is 4.71. The van der Waals surface area contributed by atoms with Gasteiger partial charge in [0.2, 0.25) is 5.91 Å². The van der Waals surface area contributed by atoms with Gasteiger partial charge in [0, 0.05) is 24.7 Å². The Balaban J connectivity index is 2.03. The van der Waals surface area contributed by atoms with Gasteiger partial charge in [0.05, 0.1) is 0 Å². The molecule has 0 radical (unpaired) electrons. The molecule has 20 heavy (non-hydrogen) atoms. The Morgan fingerprint density at radius 1 is 1.35 bits per heavy atom. The van der Waals surface area contributed by atoms with Crippen molar-refractivity contribution in [1.82, 2.24) is 20.2 Å². The van der Waals surface area contributed by atoms with Crippen LogP contribution in [0.4, 0.5) is 5.69 Å². The Morgan fingerprint density at radius 3 is 2.90 bits per heavy atom. The van der Waals surface area contributed by atoms with Gasteiger partial charge in [-0.1, -0.05) is 31.9 Å². The lowest BCUT2D eigenvalue weighted by molar-refractivity contribution is -0.116. The standard InChI is InChI=1S/C14H19N5O/c1-3-4-5-9-13(20)15-12-8-6-7-11(10-12)14-16-17-18-19(14)2/h6-8,10H,3-5,9H2,1-2H3,(H,15,20). The predicted molar refractivity (Wildman–Crippen MR) is 77.0 cm³/mol. The summed E-state index contributed by atoms with van der Waals surface area (Å²) in [5.74, 6) is 0.721. The van der Waals surface area contributed by atoms with Gasteiger partial charge in [0.15, 0.2) is 5.82 Å². The van der Waals surface area contributed by atoms with Crippen LogP contribution in [-0.2, 0) is 11.8 Å². The van der Waals surface area contributed by atoms with E-state index in [-0.39, 0.29) is 5.91 Å². The molecule has 2 aromatic rings. The molecule has 0 aliphatic rings. The average Bonchev–Trinajstić information content (AvgIpc) is 2.85. The molecule has 0 spiro atoms. The molecule has 106 valence electrons. The first-order valence-electron chi connectivity index (χ1n) is 6.83. The summed E-state index contributed by atoms with van der Waals surface area (Å²) < 4.78 is 1.60. The highest BCUT2D eigenvalue weighted by Crippen LogP contribution is 2.19. The van der Waals surface area contributed by atoms with Gasteiger partial charge >= 0.3 is 0 Å². The molecular weight excluding hydrogens is 254 g/mol. The van der Waals surface area contributed by atoms with Gasteiger partial charge in [-0.2, -0.15) is 0 Å². The van der Waals surface area contributed by atoms with Crippen LogP contribution in [0, 0.1) is 0 Å². The van der Waals surface area contributed by atoms with Crippen LogP contribution in [0.1, 0.15) is 32.6 Å². The van der Waals surface area contributed by atoms with E-state index in [9.17, 15) is 4.79 Å². The summed E-state index contributed by atoms with van der Waals surface area (Å²) in [6, 6.07) is 7.54. The Hall–Kier alpha value is -2.24. The molecule has 1 aromatic carbocycles. The Labute approximate surface area is 118 Å². The minimum absolute atomic E-state index is 0.0479. The van der Waals surface area contributed by atoms with E-state index in [4.69, 9.17) is 0 Å². The number of nitrogens with zero attached hydrogens (tertiary/aromatic N) is 4. The summed E-state index contributed by atoms with van der Waals surface area (Å²) in [5.41, 5.74) is 1.65. The number of hydrogen-bond acceptors (Lipinski definition) is 4. The van der Waals surface area contributed by atoms with E-state index in [1.54, 1.807) is 11.7 Å². The van der Waals surface area contributed by atoms with Crippen molar-refractivity contribution < 1.29 is 4.79 Å². The lowest BCUT2D eigenvalue weighted by Gasteiger charge is -2.06. The zero-order valence-corrected chi connectivity index (χ0v) is 11.8. The highest BCUT2D eigenvalue weighted by atomic mass is 16.1. The summed E-state index contributed by atoms with van der Waals surface area (Å²) in [7, 11) is 1.78. The number of nitrogens with one attached hydrogen (secondary N) is 1. The fraction of sp³-hybridized carbons (Fsp3) is 0.429. The molecule has 0 fully saturated rings. The Bertz CT molecular complexity index is 578. The molecule has 1 aromatic heterocycles. The molecule has 0 saturated carbocycles. The Morgan fingerprint density at radius 2 is 2.20 bits per heavy atom. The maximum atomic E-state index is 11.8. The van der Waals surface area contributed by atoms with Crippen LogP contribution < -0.4 is 5.32 Å². The van der Waals surface area contributed by atoms with Crippen LogP contribution in [-0.4, -0.2) is 26.1 Å². The van der Waals surface area contributed by atoms with Crippen molar-refractivity contribution in [2.24, 2.45) is 7.05 Å². The van der Waals surface area contributed by atoms with Gasteiger partial charge < -0.3 is 5.32 Å². The number of tetrazole rings is 1. The van der Waals surface area contributed by atoms with Crippen LogP contribution in [0.25, 0.3) is 11.4 Å². The van der Waals surface area contributed by atoms with E-state index in [2.05, 4.69) is 27.8 Å². The largest absolute Gasteiger partial charge is 0.326 e. The van der Waals surface area contributed by atoms with Crippen molar-refractivity contribution in [1.29, 1.82) is 0 Å². The third kappa shape index (κ3) is 3.63. The highest BCUT2D eigenvalue weighted by Gasteiger charge is 2.07. The number of hydrogen-bond donors (Lipinski definition) is 1. The third-order valence-electron chi connectivity index (χ3n) is 3.03. The number of unbranched alkanes of at least 4 members (excludes halogenated alkanes) is 2. The van der Waals surface area contributed by atoms with E-state index in [1.807, 2.05) is 24.3 Å². The van der Waals surface area contributed by atoms with Crippen molar-refractivity contribution in [3.05, 3.63) is 24.3 Å². The molecule has 0 atom stereocenters. The molecular formula is C14H19N5O. The van der Waals surface area contributed by atoms with E-state index in [0.717, 1.165) is 30.5 Å². The topological polar surface area (TPSA) is 72.7 Å². The van der Waals surface area contributed by atoms with Crippen LogP contribution in [0.15, 0.2) is 24.3 Å². The lowest BCUT2D eigenvalue weighted by Crippen LogP contribution is -2.11. The molecule has 0 saturated heterocycles. The number of carbonyl (C=O) groups is 1. The minimum Gasteiger partial charge on any atom is -0.326 e. The molecule has 0 bridgehead atoms. The van der Waals surface area contributed by atoms with Crippen LogP contribution in [0.5, 0.6) is 0 Å². The van der Waals surface area contributed by atoms with Gasteiger partial charge in [-0.25, -0.2) is 4.68 Å². The van der Waals surface area contributed by atoms with Crippen molar-refractivity contribution in [3.8, 4) is 11.4 Å². The second kappa shape index (κ2) is 6.79. The Kier molecular flexibility index (Phi) is 4.81. The molecule has 0 aliphatic carbocycles. The third-order valence-corrected chi connectivity index (χ3v) is 3.03. The van der Waals surface area contributed by atoms with Crippen molar-refractivity contribution in [3.63, 3.8) is 0 Å². The van der Waals surface area contributed by atoms with Gasteiger partial charge in [-0.05, 0) is 29.0 Å². The minimum atomic E-state index is 0.0479. The summed E-state index contributed by atoms with van der Waals surface area (Å²) in [5, 5.41) is 14.3. The van der Waals surface area contributed by atoms with E-state index < -0.39 is 0 Å². The molecule has 0 aliphatic heterocycles. The summed E-state index contributed by atoms with van der Waals surface area (Å²) in [4.78, 5) is 11.8. The van der Waals surface area contributed by atoms with Crippen molar-refractivity contribution in [2.75, 3.05) is 5.32 Å². The molecule has 0 unspecified atom stereocenters. The number of anilines is 1. The predicted octanol–water partition coefficient (Wildman–Crippen LogP) is 2.40. The van der Waals surface area contributed by atoms with E-state index >= 15 is 0 Å². The van der Waals surface area contributed by atoms with Crippen molar-refractivity contribution >= 4 is 11.6 Å². The smallest absolute Gasteiger partial charge is 0.224 e. The van der Waals surface area contributed by atoms with Crippen LogP contribution >= 0.6 is 0 Å². The second-order valence-electron chi connectivity index (χ2n) is 4.71. The number of aromatic nitrogens is 4. The molecule has 6 heteroatoms. The zero-order chi connectivity index (χ0) is 14.4. The maximum absolute atomic E-state index is 11.8. The summed E-state index contributed by atoms with van der Waals surface area (Å²) >= 11 is 0. The average molecular weight is 273 g/mol. The van der Waals surface area contributed by atoms with E-state index in [1.165, 1.54) is 0 Å². The molecule has 2 rings (SSSR count). The lowest BCUT2D eigenvalue weighted by atomic mass is 10.1. The van der Waals surface area contributed by atoms with E-state index in [0.29, 0.717) is 12.2 Å². The first-order valence-corrected chi connectivity index (χ1v) is 6.83. The fourth-order valence-electron chi connectivity index (χ4n) is 1.97. The number of aryl methyl sites for hydroxylation is 1. The first-order chi connectivity index (χ1) is 9.70. The number of carbonyl (C=O) groups excluding carboxylic acids is 1. The zero-order valence-electron chi connectivity index (χ0n) is 11.8. The number of rotatable bonds is 6. The highest BCUT2D eigenvalue weighted by molar-refractivity contribution is 5.91. The summed E-state index contributed by atoms with van der Waals surface area (Å²) in [6.07, 6.45) is 3.68. The normalized spacial score (nSPS) is 10.5. The number of benzene rings is 1. The quantitative estimate of drug-likeness (QED) is 0.820. The molecule has 1 N–H and O–H groups in total. The van der Waals surface area contributed by atoms with Crippen LogP contribution in [0.3, 0.4) is 0 Å². The fourth-order valence-corrected chi connectivity index (χ4v) is 1.97. The van der Waals surface area contributed by atoms with Gasteiger partial charge in [0.1, 0.15) is 0 Å². The van der Waals surface area contributed by atoms with Crippen molar-refractivity contribution in [2.45, 2.75) is 32.6 Å². The summed E-state index contributed by atoms with van der Waals surface area (Å²) in [6.45, 7) is 2.12. The molecule has 6 nitrogen and oxygen atoms in total. The first kappa shape index (κ1) is 14.2. The van der Waals surface area contributed by atoms with Gasteiger partial charge in [0.25, 0.3) is 0 Å². The molecule has 1 heterocycles. The monoisotopic (exact) mass is 273 g/mol. The molecule has 1 amide bonds. The maximum Gasteiger partial charge on any atom is 0.224 e. The van der Waals surface area contributed by atoms with Gasteiger partial charge in [-0.15, -0.1) is 5.10 Å². The van der Waals surface area contributed by atoms with Gasteiger partial charge in [-0.3, -0.25) is 4.79 Å². The SMILES string of the molecule is CCCCCC(=O)Nc1cccc(-c2nnnn2C)c1. The number of amides is 1. The van der Waals surface area contributed by atoms with Crippen LogP contribution in [0.2, 0.25) is 0 Å².